The fourth-order valence-corrected chi connectivity index (χ4v) is 3.31. The number of benzene rings is 2. The largest absolute Gasteiger partial charge is 0.497 e. The molecule has 0 bridgehead atoms. The molecule has 0 radical (unpaired) electrons. The number of hydrogen-bond acceptors (Lipinski definition) is 6. The molecule has 1 aliphatic heterocycles. The van der Waals surface area contributed by atoms with Crippen molar-refractivity contribution < 1.29 is 14.2 Å². The first-order valence-corrected chi connectivity index (χ1v) is 9.47. The molecule has 146 valence electrons. The first kappa shape index (κ1) is 17.4. The first-order chi connectivity index (χ1) is 14.3. The second-order valence-electron chi connectivity index (χ2n) is 6.68. The Hall–Kier alpha value is -3.74. The normalized spacial score (nSPS) is 13.1. The van der Waals surface area contributed by atoms with E-state index >= 15 is 0 Å². The SMILES string of the molecule is COc1ccc(-c2cccc3nc(Nc4ccc5c(c4)OCCCO5)nn23)cc1. The molecule has 29 heavy (non-hydrogen) atoms. The number of pyridine rings is 1. The van der Waals surface area contributed by atoms with Crippen LogP contribution in [0.1, 0.15) is 6.42 Å². The van der Waals surface area contributed by atoms with E-state index in [1.165, 1.54) is 0 Å². The number of ether oxygens (including phenoxy) is 3. The summed E-state index contributed by atoms with van der Waals surface area (Å²) < 4.78 is 18.5. The number of aromatic nitrogens is 3. The fraction of sp³-hybridized carbons (Fsp3) is 0.182. The van der Waals surface area contributed by atoms with Gasteiger partial charge in [0, 0.05) is 23.7 Å². The van der Waals surface area contributed by atoms with Crippen LogP contribution in [0.2, 0.25) is 0 Å². The van der Waals surface area contributed by atoms with Crippen LogP contribution in [0.5, 0.6) is 17.2 Å². The van der Waals surface area contributed by atoms with Crippen molar-refractivity contribution in [3.63, 3.8) is 0 Å². The van der Waals surface area contributed by atoms with E-state index in [-0.39, 0.29) is 0 Å². The van der Waals surface area contributed by atoms with Crippen molar-refractivity contribution in [2.75, 3.05) is 25.6 Å². The molecule has 4 aromatic rings. The van der Waals surface area contributed by atoms with Gasteiger partial charge in [0.25, 0.3) is 0 Å². The highest BCUT2D eigenvalue weighted by Crippen LogP contribution is 2.33. The molecule has 0 fully saturated rings. The number of nitrogens with one attached hydrogen (secondary N) is 1. The third kappa shape index (κ3) is 3.42. The quantitative estimate of drug-likeness (QED) is 0.562. The van der Waals surface area contributed by atoms with Gasteiger partial charge in [-0.25, -0.2) is 4.52 Å². The number of nitrogens with zero attached hydrogens (tertiary/aromatic N) is 3. The number of hydrogen-bond donors (Lipinski definition) is 1. The van der Waals surface area contributed by atoms with E-state index in [1.54, 1.807) is 7.11 Å². The molecule has 0 spiro atoms. The number of anilines is 2. The molecule has 5 rings (SSSR count). The Morgan fingerprint density at radius 1 is 0.966 bits per heavy atom. The Bertz CT molecular complexity index is 1150. The fourth-order valence-electron chi connectivity index (χ4n) is 3.31. The molecule has 1 aliphatic rings. The summed E-state index contributed by atoms with van der Waals surface area (Å²) in [5, 5.41) is 7.91. The topological polar surface area (TPSA) is 69.9 Å². The van der Waals surface area contributed by atoms with Gasteiger partial charge in [0.1, 0.15) is 5.75 Å². The zero-order valence-corrected chi connectivity index (χ0v) is 16.0. The van der Waals surface area contributed by atoms with E-state index in [0.29, 0.717) is 19.2 Å². The predicted octanol–water partition coefficient (Wildman–Crippen LogP) is 4.31. The molecular formula is C22H20N4O3. The van der Waals surface area contributed by atoms with Crippen molar-refractivity contribution in [2.45, 2.75) is 6.42 Å². The van der Waals surface area contributed by atoms with Crippen LogP contribution >= 0.6 is 0 Å². The van der Waals surface area contributed by atoms with Gasteiger partial charge in [0.05, 0.1) is 26.0 Å². The van der Waals surface area contributed by atoms with Crippen molar-refractivity contribution in [1.29, 1.82) is 0 Å². The molecular weight excluding hydrogens is 368 g/mol. The van der Waals surface area contributed by atoms with Gasteiger partial charge >= 0.3 is 0 Å². The maximum absolute atomic E-state index is 5.76. The van der Waals surface area contributed by atoms with E-state index in [9.17, 15) is 0 Å². The van der Waals surface area contributed by atoms with Gasteiger partial charge in [-0.05, 0) is 48.5 Å². The third-order valence-electron chi connectivity index (χ3n) is 4.75. The highest BCUT2D eigenvalue weighted by atomic mass is 16.5. The number of methoxy groups -OCH3 is 1. The third-order valence-corrected chi connectivity index (χ3v) is 4.75. The van der Waals surface area contributed by atoms with Gasteiger partial charge < -0.3 is 19.5 Å². The van der Waals surface area contributed by atoms with Gasteiger partial charge in [0.2, 0.25) is 5.95 Å². The minimum absolute atomic E-state index is 0.514. The molecule has 0 aliphatic carbocycles. The van der Waals surface area contributed by atoms with Crippen molar-refractivity contribution in [1.82, 2.24) is 14.6 Å². The maximum Gasteiger partial charge on any atom is 0.247 e. The Morgan fingerprint density at radius 3 is 2.62 bits per heavy atom. The first-order valence-electron chi connectivity index (χ1n) is 9.47. The summed E-state index contributed by atoms with van der Waals surface area (Å²) in [5.41, 5.74) is 3.58. The van der Waals surface area contributed by atoms with E-state index < -0.39 is 0 Å². The average Bonchev–Trinajstić information content (AvgIpc) is 3.02. The van der Waals surface area contributed by atoms with E-state index in [1.807, 2.05) is 65.2 Å². The van der Waals surface area contributed by atoms with Crippen LogP contribution in [0.25, 0.3) is 16.9 Å². The summed E-state index contributed by atoms with van der Waals surface area (Å²) >= 11 is 0. The van der Waals surface area contributed by atoms with Crippen molar-refractivity contribution in [3.05, 3.63) is 60.7 Å². The lowest BCUT2D eigenvalue weighted by Gasteiger charge is -2.09. The lowest BCUT2D eigenvalue weighted by molar-refractivity contribution is 0.297. The zero-order valence-electron chi connectivity index (χ0n) is 16.0. The summed E-state index contributed by atoms with van der Waals surface area (Å²) in [6.45, 7) is 1.32. The van der Waals surface area contributed by atoms with Crippen LogP contribution in [0, 0.1) is 0 Å². The number of fused-ring (bicyclic) bond motifs is 2. The lowest BCUT2D eigenvalue weighted by Crippen LogP contribution is -1.97. The van der Waals surface area contributed by atoms with E-state index in [0.717, 1.165) is 46.3 Å². The highest BCUT2D eigenvalue weighted by Gasteiger charge is 2.13. The smallest absolute Gasteiger partial charge is 0.247 e. The molecule has 1 N–H and O–H groups in total. The Balaban J connectivity index is 1.46. The van der Waals surface area contributed by atoms with Crippen LogP contribution in [-0.2, 0) is 0 Å². The van der Waals surface area contributed by atoms with Gasteiger partial charge in [-0.15, -0.1) is 5.10 Å². The van der Waals surface area contributed by atoms with Gasteiger partial charge in [-0.1, -0.05) is 6.07 Å². The van der Waals surface area contributed by atoms with Crippen LogP contribution in [0.3, 0.4) is 0 Å². The zero-order chi connectivity index (χ0) is 19.6. The van der Waals surface area contributed by atoms with Crippen LogP contribution < -0.4 is 19.5 Å². The molecule has 7 nitrogen and oxygen atoms in total. The Labute approximate surface area is 167 Å². The predicted molar refractivity (Wildman–Crippen MR) is 110 cm³/mol. The van der Waals surface area contributed by atoms with Crippen molar-refractivity contribution >= 4 is 17.3 Å². The minimum Gasteiger partial charge on any atom is -0.497 e. The number of rotatable bonds is 4. The van der Waals surface area contributed by atoms with Crippen molar-refractivity contribution in [3.8, 4) is 28.5 Å². The van der Waals surface area contributed by atoms with Gasteiger partial charge in [0.15, 0.2) is 17.1 Å². The lowest BCUT2D eigenvalue weighted by atomic mass is 10.1. The molecule has 7 heteroatoms. The minimum atomic E-state index is 0.514. The summed E-state index contributed by atoms with van der Waals surface area (Å²) in [6, 6.07) is 19.5. The Morgan fingerprint density at radius 2 is 1.79 bits per heavy atom. The monoisotopic (exact) mass is 388 g/mol. The van der Waals surface area contributed by atoms with Gasteiger partial charge in [-0.3, -0.25) is 0 Å². The second-order valence-corrected chi connectivity index (χ2v) is 6.68. The van der Waals surface area contributed by atoms with Crippen LogP contribution in [0.15, 0.2) is 60.7 Å². The average molecular weight is 388 g/mol. The standard InChI is InChI=1S/C22H20N4O3/c1-27-17-9-6-15(7-10-17)18-4-2-5-21-24-22(25-26(18)21)23-16-8-11-19-20(14-16)29-13-3-12-28-19/h2,4-11,14H,3,12-13H2,1H3,(H,23,25). The van der Waals surface area contributed by atoms with E-state index in [4.69, 9.17) is 14.2 Å². The van der Waals surface area contributed by atoms with Crippen molar-refractivity contribution in [2.24, 2.45) is 0 Å². The summed E-state index contributed by atoms with van der Waals surface area (Å²) in [5.74, 6) is 2.82. The molecule has 0 saturated heterocycles. The molecule has 0 amide bonds. The van der Waals surface area contributed by atoms with Gasteiger partial charge in [-0.2, -0.15) is 4.98 Å². The summed E-state index contributed by atoms with van der Waals surface area (Å²) in [7, 11) is 1.66. The summed E-state index contributed by atoms with van der Waals surface area (Å²) in [6.07, 6.45) is 0.875. The summed E-state index contributed by atoms with van der Waals surface area (Å²) in [4.78, 5) is 4.60. The molecule has 2 aromatic carbocycles. The Kier molecular flexibility index (Phi) is 4.40. The second kappa shape index (κ2) is 7.35. The highest BCUT2D eigenvalue weighted by molar-refractivity contribution is 5.66. The molecule has 3 heterocycles. The van der Waals surface area contributed by atoms with Crippen LogP contribution in [0.4, 0.5) is 11.6 Å². The molecule has 0 unspecified atom stereocenters. The molecule has 0 atom stereocenters. The van der Waals surface area contributed by atoms with Crippen LogP contribution in [-0.4, -0.2) is 34.9 Å². The molecule has 0 saturated carbocycles. The maximum atomic E-state index is 5.76. The van der Waals surface area contributed by atoms with E-state index in [2.05, 4.69) is 15.4 Å². The molecule has 2 aromatic heterocycles.